The number of hydrogen-bond acceptors (Lipinski definition) is 3. The van der Waals surface area contributed by atoms with Gasteiger partial charge in [0.1, 0.15) is 6.04 Å². The first kappa shape index (κ1) is 18.5. The maximum absolute atomic E-state index is 12.2. The predicted octanol–water partition coefficient (Wildman–Crippen LogP) is 4.02. The molecule has 1 rings (SSSR count). The molecule has 0 saturated heterocycles. The number of carbonyl (C=O) groups is 1. The minimum atomic E-state index is -0.117. The third kappa shape index (κ3) is 5.98. The molecule has 0 radical (unpaired) electrons. The second-order valence-electron chi connectivity index (χ2n) is 8.01. The smallest absolute Gasteiger partial charge is 0.323 e. The van der Waals surface area contributed by atoms with Crippen molar-refractivity contribution in [3.8, 4) is 0 Å². The van der Waals surface area contributed by atoms with E-state index in [2.05, 4.69) is 39.9 Å². The van der Waals surface area contributed by atoms with Crippen LogP contribution < -0.4 is 5.32 Å². The molecule has 1 N–H and O–H groups in total. The van der Waals surface area contributed by atoms with E-state index in [1.54, 1.807) is 0 Å². The van der Waals surface area contributed by atoms with Crippen LogP contribution in [-0.2, 0) is 9.53 Å². The Morgan fingerprint density at radius 1 is 1.19 bits per heavy atom. The first-order valence-electron chi connectivity index (χ1n) is 8.65. The van der Waals surface area contributed by atoms with Gasteiger partial charge in [-0.25, -0.2) is 0 Å². The molecule has 0 aliphatic heterocycles. The monoisotopic (exact) mass is 297 g/mol. The van der Waals surface area contributed by atoms with Crippen LogP contribution in [0.4, 0.5) is 0 Å². The molecule has 124 valence electrons. The highest BCUT2D eigenvalue weighted by atomic mass is 16.5. The van der Waals surface area contributed by atoms with Crippen LogP contribution in [0.1, 0.15) is 67.2 Å². The van der Waals surface area contributed by atoms with Crippen molar-refractivity contribution in [1.29, 1.82) is 0 Å². The van der Waals surface area contributed by atoms with Gasteiger partial charge in [-0.3, -0.25) is 4.79 Å². The lowest BCUT2D eigenvalue weighted by Gasteiger charge is -2.39. The summed E-state index contributed by atoms with van der Waals surface area (Å²) in [5.74, 6) is 1.70. The molecular formula is C18H35NO2. The lowest BCUT2D eigenvalue weighted by atomic mass is 9.68. The minimum Gasteiger partial charge on any atom is -0.465 e. The number of carbonyl (C=O) groups excluding carboxylic acids is 1. The Morgan fingerprint density at radius 3 is 2.19 bits per heavy atom. The van der Waals surface area contributed by atoms with Gasteiger partial charge in [0.05, 0.1) is 6.61 Å². The zero-order valence-electron chi connectivity index (χ0n) is 14.9. The van der Waals surface area contributed by atoms with Crippen LogP contribution in [0.2, 0.25) is 0 Å². The second kappa shape index (κ2) is 8.17. The van der Waals surface area contributed by atoms with E-state index < -0.39 is 0 Å². The van der Waals surface area contributed by atoms with Gasteiger partial charge in [-0.05, 0) is 62.3 Å². The Balaban J connectivity index is 2.61. The van der Waals surface area contributed by atoms with Crippen LogP contribution in [0.25, 0.3) is 0 Å². The highest BCUT2D eigenvalue weighted by Crippen LogP contribution is 2.40. The summed E-state index contributed by atoms with van der Waals surface area (Å²) < 4.78 is 5.28. The molecule has 1 fully saturated rings. The van der Waals surface area contributed by atoms with Crippen LogP contribution in [0.3, 0.4) is 0 Å². The first-order chi connectivity index (χ1) is 9.75. The van der Waals surface area contributed by atoms with Crippen LogP contribution >= 0.6 is 0 Å². The van der Waals surface area contributed by atoms with E-state index in [4.69, 9.17) is 4.74 Å². The number of nitrogens with one attached hydrogen (secondary N) is 1. The molecule has 21 heavy (non-hydrogen) atoms. The summed E-state index contributed by atoms with van der Waals surface area (Å²) in [6.45, 7) is 14.6. The van der Waals surface area contributed by atoms with Gasteiger partial charge in [-0.2, -0.15) is 0 Å². The quantitative estimate of drug-likeness (QED) is 0.753. The van der Waals surface area contributed by atoms with Crippen molar-refractivity contribution in [2.45, 2.75) is 73.3 Å². The van der Waals surface area contributed by atoms with Gasteiger partial charge >= 0.3 is 5.97 Å². The fourth-order valence-electron chi connectivity index (χ4n) is 3.36. The van der Waals surface area contributed by atoms with Crippen molar-refractivity contribution in [3.05, 3.63) is 0 Å². The molecule has 1 unspecified atom stereocenters. The Morgan fingerprint density at radius 2 is 1.76 bits per heavy atom. The summed E-state index contributed by atoms with van der Waals surface area (Å²) in [5.41, 5.74) is 0.385. The largest absolute Gasteiger partial charge is 0.465 e. The Bertz CT molecular complexity index is 312. The summed E-state index contributed by atoms with van der Waals surface area (Å²) in [7, 11) is 0. The summed E-state index contributed by atoms with van der Waals surface area (Å²) in [4.78, 5) is 12.2. The van der Waals surface area contributed by atoms with Gasteiger partial charge < -0.3 is 10.1 Å². The van der Waals surface area contributed by atoms with E-state index in [1.807, 2.05) is 6.92 Å². The molecule has 1 saturated carbocycles. The highest BCUT2D eigenvalue weighted by Gasteiger charge is 2.36. The van der Waals surface area contributed by atoms with Crippen molar-refractivity contribution >= 4 is 5.97 Å². The normalized spacial score (nSPS) is 24.9. The molecule has 1 atom stereocenters. The van der Waals surface area contributed by atoms with Gasteiger partial charge in [-0.1, -0.05) is 34.6 Å². The van der Waals surface area contributed by atoms with Crippen molar-refractivity contribution in [1.82, 2.24) is 5.32 Å². The average Bonchev–Trinajstić information content (AvgIpc) is 2.38. The predicted molar refractivity (Wildman–Crippen MR) is 88.2 cm³/mol. The molecule has 0 amide bonds. The standard InChI is InChI=1S/C18H35NO2/c1-7-21-17(20)16(19-12-13(2)3)14-8-10-15(11-9-14)18(4,5)6/h13-16,19H,7-12H2,1-6H3. The average molecular weight is 297 g/mol. The van der Waals surface area contributed by atoms with Gasteiger partial charge in [-0.15, -0.1) is 0 Å². The van der Waals surface area contributed by atoms with Crippen molar-refractivity contribution < 1.29 is 9.53 Å². The van der Waals surface area contributed by atoms with Crippen LogP contribution in [-0.4, -0.2) is 25.2 Å². The molecule has 0 aromatic carbocycles. The fourth-order valence-corrected chi connectivity index (χ4v) is 3.36. The number of ether oxygens (including phenoxy) is 1. The zero-order valence-corrected chi connectivity index (χ0v) is 14.9. The van der Waals surface area contributed by atoms with E-state index in [0.29, 0.717) is 23.9 Å². The number of esters is 1. The van der Waals surface area contributed by atoms with Crippen molar-refractivity contribution in [3.63, 3.8) is 0 Å². The van der Waals surface area contributed by atoms with Gasteiger partial charge in [0.15, 0.2) is 0 Å². The topological polar surface area (TPSA) is 38.3 Å². The SMILES string of the molecule is CCOC(=O)C(NCC(C)C)C1CCC(C(C)(C)C)CC1. The van der Waals surface area contributed by atoms with Crippen LogP contribution in [0.5, 0.6) is 0 Å². The second-order valence-corrected chi connectivity index (χ2v) is 8.01. The third-order valence-corrected chi connectivity index (χ3v) is 4.75. The van der Waals surface area contributed by atoms with Crippen molar-refractivity contribution in [2.75, 3.05) is 13.2 Å². The minimum absolute atomic E-state index is 0.0580. The first-order valence-corrected chi connectivity index (χ1v) is 8.65. The van der Waals surface area contributed by atoms with E-state index in [0.717, 1.165) is 25.3 Å². The molecule has 0 bridgehead atoms. The fraction of sp³-hybridized carbons (Fsp3) is 0.944. The Labute approximate surface area is 131 Å². The van der Waals surface area contributed by atoms with Crippen molar-refractivity contribution in [2.24, 2.45) is 23.2 Å². The van der Waals surface area contributed by atoms with E-state index in [1.165, 1.54) is 12.8 Å². The number of hydrogen-bond donors (Lipinski definition) is 1. The highest BCUT2D eigenvalue weighted by molar-refractivity contribution is 5.76. The van der Waals surface area contributed by atoms with Crippen LogP contribution in [0, 0.1) is 23.2 Å². The zero-order chi connectivity index (χ0) is 16.0. The van der Waals surface area contributed by atoms with Gasteiger partial charge in [0, 0.05) is 0 Å². The molecule has 0 aromatic heterocycles. The molecule has 0 aromatic rings. The summed E-state index contributed by atoms with van der Waals surface area (Å²) >= 11 is 0. The maximum Gasteiger partial charge on any atom is 0.323 e. The molecule has 0 spiro atoms. The molecule has 1 aliphatic rings. The van der Waals surface area contributed by atoms with E-state index >= 15 is 0 Å². The maximum atomic E-state index is 12.2. The molecule has 3 heteroatoms. The summed E-state index contributed by atoms with van der Waals surface area (Å²) in [5, 5.41) is 3.45. The Kier molecular flexibility index (Phi) is 7.19. The van der Waals surface area contributed by atoms with E-state index in [-0.39, 0.29) is 12.0 Å². The summed E-state index contributed by atoms with van der Waals surface area (Å²) in [6, 6.07) is -0.117. The van der Waals surface area contributed by atoms with Gasteiger partial charge in [0.25, 0.3) is 0 Å². The molecule has 1 aliphatic carbocycles. The molecule has 3 nitrogen and oxygen atoms in total. The summed E-state index contributed by atoms with van der Waals surface area (Å²) in [6.07, 6.45) is 4.73. The lowest BCUT2D eigenvalue weighted by molar-refractivity contribution is -0.147. The third-order valence-electron chi connectivity index (χ3n) is 4.75. The van der Waals surface area contributed by atoms with Crippen LogP contribution in [0.15, 0.2) is 0 Å². The number of rotatable bonds is 6. The van der Waals surface area contributed by atoms with E-state index in [9.17, 15) is 4.79 Å². The Hall–Kier alpha value is -0.570. The lowest BCUT2D eigenvalue weighted by Crippen LogP contribution is -2.47. The molecule has 0 heterocycles. The van der Waals surface area contributed by atoms with Gasteiger partial charge in [0.2, 0.25) is 0 Å². The molecular weight excluding hydrogens is 262 g/mol.